The van der Waals surface area contributed by atoms with Crippen LogP contribution in [0.3, 0.4) is 0 Å². The molecule has 0 aliphatic rings. The first kappa shape index (κ1) is 61.3. The summed E-state index contributed by atoms with van der Waals surface area (Å²) in [6.07, 6.45) is 69.6. The predicted octanol–water partition coefficient (Wildman–Crippen LogP) is 17.8. The first-order valence-corrected chi connectivity index (χ1v) is 26.8. The van der Waals surface area contributed by atoms with Gasteiger partial charge in [-0.15, -0.1) is 0 Å². The van der Waals surface area contributed by atoms with Gasteiger partial charge in [-0.05, 0) is 96.3 Å². The Labute approximate surface area is 400 Å². The molecule has 1 atom stereocenters. The van der Waals surface area contributed by atoms with Gasteiger partial charge in [-0.1, -0.05) is 221 Å². The summed E-state index contributed by atoms with van der Waals surface area (Å²) in [5, 5.41) is 0. The molecule has 0 N–H and O–H groups in total. The molecule has 0 bridgehead atoms. The Bertz CT molecular complexity index is 1310. The predicted molar refractivity (Wildman–Crippen MR) is 279 cm³/mol. The SMILES string of the molecule is CC\C=C/C=C\C=C/CCCCCCCCCC(=O)OCC(COC(=O)CCCCCCCC/C=C\C/C=C\C/C=C\CC)OC(=O)CCCCC/C=C\C=C/CCCCCCCCC. The van der Waals surface area contributed by atoms with Crippen LogP contribution in [0.5, 0.6) is 0 Å². The van der Waals surface area contributed by atoms with E-state index in [0.29, 0.717) is 12.8 Å². The summed E-state index contributed by atoms with van der Waals surface area (Å²) < 4.78 is 16.8. The molecule has 0 radical (unpaired) electrons. The van der Waals surface area contributed by atoms with Gasteiger partial charge in [0, 0.05) is 19.3 Å². The largest absolute Gasteiger partial charge is 0.462 e. The third-order valence-corrected chi connectivity index (χ3v) is 11.1. The van der Waals surface area contributed by atoms with Crippen LogP contribution < -0.4 is 0 Å². The van der Waals surface area contributed by atoms with Crippen LogP contribution >= 0.6 is 0 Å². The molecule has 0 aromatic carbocycles. The highest BCUT2D eigenvalue weighted by molar-refractivity contribution is 5.71. The summed E-state index contributed by atoms with van der Waals surface area (Å²) in [6, 6.07) is 0. The molecule has 0 rings (SSSR count). The Hall–Kier alpha value is -3.67. The molecule has 0 aliphatic heterocycles. The number of ether oxygens (including phenoxy) is 3. The highest BCUT2D eigenvalue weighted by Gasteiger charge is 2.19. The van der Waals surface area contributed by atoms with Crippen LogP contribution in [0.1, 0.15) is 239 Å². The standard InChI is InChI=1S/C59H98O6/c1-4-7-10-13-16-19-22-25-28-31-34-37-40-43-46-49-52-58(61)64-55-56(54-63-57(60)51-48-45-42-39-36-33-30-27-24-21-18-15-12-9-6-3)65-59(62)53-50-47-44-41-38-35-32-29-26-23-20-17-14-11-8-5-2/h7,9-10,12,15-16,18-19,21,24-25,28-29,32,35,38,56H,4-6,8,11,13-14,17,20,22-23,26-27,30-31,33-34,36-37,39-55H2,1-3H3/b10-7-,12-9-,18-15-,19-16-,24-21-,28-25-,32-29-,38-35-. The summed E-state index contributed by atoms with van der Waals surface area (Å²) in [7, 11) is 0. The molecule has 0 aromatic rings. The lowest BCUT2D eigenvalue weighted by Gasteiger charge is -2.18. The summed E-state index contributed by atoms with van der Waals surface area (Å²) in [4.78, 5) is 38.1. The zero-order chi connectivity index (χ0) is 47.2. The Morgan fingerprint density at radius 2 is 0.677 bits per heavy atom. The molecule has 0 fully saturated rings. The van der Waals surface area contributed by atoms with Crippen LogP contribution in [0.4, 0.5) is 0 Å². The van der Waals surface area contributed by atoms with Gasteiger partial charge in [0.2, 0.25) is 0 Å². The Balaban J connectivity index is 4.48. The van der Waals surface area contributed by atoms with Gasteiger partial charge in [0.05, 0.1) is 0 Å². The van der Waals surface area contributed by atoms with E-state index in [0.717, 1.165) is 116 Å². The van der Waals surface area contributed by atoms with Crippen molar-refractivity contribution in [2.45, 2.75) is 245 Å². The molecule has 6 nitrogen and oxygen atoms in total. The van der Waals surface area contributed by atoms with E-state index in [1.807, 2.05) is 0 Å². The third-order valence-electron chi connectivity index (χ3n) is 11.1. The van der Waals surface area contributed by atoms with Crippen molar-refractivity contribution in [2.75, 3.05) is 13.2 Å². The van der Waals surface area contributed by atoms with E-state index in [9.17, 15) is 14.4 Å². The van der Waals surface area contributed by atoms with Crippen molar-refractivity contribution in [1.29, 1.82) is 0 Å². The highest BCUT2D eigenvalue weighted by Crippen LogP contribution is 2.14. The van der Waals surface area contributed by atoms with Gasteiger partial charge in [-0.2, -0.15) is 0 Å². The fraction of sp³-hybridized carbons (Fsp3) is 0.678. The second kappa shape index (κ2) is 52.9. The zero-order valence-corrected chi connectivity index (χ0v) is 42.2. The molecule has 370 valence electrons. The molecule has 0 amide bonds. The number of unbranched alkanes of at least 4 members (excludes halogenated alkanes) is 23. The van der Waals surface area contributed by atoms with Crippen LogP contribution in [-0.2, 0) is 28.6 Å². The minimum atomic E-state index is -0.803. The number of rotatable bonds is 47. The number of carbonyl (C=O) groups is 3. The maximum Gasteiger partial charge on any atom is 0.306 e. The Morgan fingerprint density at radius 3 is 1.14 bits per heavy atom. The van der Waals surface area contributed by atoms with Gasteiger partial charge in [-0.3, -0.25) is 14.4 Å². The smallest absolute Gasteiger partial charge is 0.306 e. The maximum absolute atomic E-state index is 12.8. The van der Waals surface area contributed by atoms with Gasteiger partial charge in [0.1, 0.15) is 13.2 Å². The summed E-state index contributed by atoms with van der Waals surface area (Å²) in [6.45, 7) is 6.35. The Morgan fingerprint density at radius 1 is 0.338 bits per heavy atom. The average molecular weight is 903 g/mol. The molecular weight excluding hydrogens is 805 g/mol. The van der Waals surface area contributed by atoms with E-state index in [-0.39, 0.29) is 37.5 Å². The molecule has 0 saturated heterocycles. The Kier molecular flexibility index (Phi) is 50.0. The number of hydrogen-bond acceptors (Lipinski definition) is 6. The lowest BCUT2D eigenvalue weighted by molar-refractivity contribution is -0.167. The molecule has 65 heavy (non-hydrogen) atoms. The van der Waals surface area contributed by atoms with Crippen LogP contribution in [0.25, 0.3) is 0 Å². The van der Waals surface area contributed by atoms with E-state index >= 15 is 0 Å². The number of hydrogen-bond donors (Lipinski definition) is 0. The van der Waals surface area contributed by atoms with Gasteiger partial charge in [-0.25, -0.2) is 0 Å². The van der Waals surface area contributed by atoms with E-state index in [1.54, 1.807) is 0 Å². The zero-order valence-electron chi connectivity index (χ0n) is 42.2. The van der Waals surface area contributed by atoms with Crippen LogP contribution in [0, 0.1) is 0 Å². The topological polar surface area (TPSA) is 78.9 Å². The van der Waals surface area contributed by atoms with Crippen molar-refractivity contribution in [2.24, 2.45) is 0 Å². The quantitative estimate of drug-likeness (QED) is 0.0199. The molecule has 0 saturated carbocycles. The van der Waals surface area contributed by atoms with Crippen molar-refractivity contribution in [1.82, 2.24) is 0 Å². The first-order valence-electron chi connectivity index (χ1n) is 26.8. The van der Waals surface area contributed by atoms with Crippen LogP contribution in [0.15, 0.2) is 97.2 Å². The van der Waals surface area contributed by atoms with Crippen LogP contribution in [0.2, 0.25) is 0 Å². The first-order chi connectivity index (χ1) is 32.0. The van der Waals surface area contributed by atoms with Gasteiger partial charge in [0.25, 0.3) is 0 Å². The van der Waals surface area contributed by atoms with E-state index in [1.165, 1.54) is 83.5 Å². The summed E-state index contributed by atoms with van der Waals surface area (Å²) >= 11 is 0. The minimum Gasteiger partial charge on any atom is -0.462 e. The highest BCUT2D eigenvalue weighted by atomic mass is 16.6. The summed E-state index contributed by atoms with van der Waals surface area (Å²) in [5.74, 6) is -0.951. The maximum atomic E-state index is 12.8. The molecular formula is C59H98O6. The van der Waals surface area contributed by atoms with Crippen molar-refractivity contribution in [3.63, 3.8) is 0 Å². The van der Waals surface area contributed by atoms with Crippen molar-refractivity contribution < 1.29 is 28.6 Å². The third kappa shape index (κ3) is 51.2. The van der Waals surface area contributed by atoms with Crippen molar-refractivity contribution >= 4 is 17.9 Å². The normalized spacial score (nSPS) is 12.8. The molecule has 0 aromatic heterocycles. The number of esters is 3. The van der Waals surface area contributed by atoms with E-state index < -0.39 is 6.10 Å². The average Bonchev–Trinajstić information content (AvgIpc) is 3.30. The van der Waals surface area contributed by atoms with Crippen molar-refractivity contribution in [3.8, 4) is 0 Å². The van der Waals surface area contributed by atoms with E-state index in [4.69, 9.17) is 14.2 Å². The monoisotopic (exact) mass is 903 g/mol. The lowest BCUT2D eigenvalue weighted by Crippen LogP contribution is -2.30. The molecule has 0 spiro atoms. The van der Waals surface area contributed by atoms with Crippen LogP contribution in [-0.4, -0.2) is 37.2 Å². The summed E-state index contributed by atoms with van der Waals surface area (Å²) in [5.41, 5.74) is 0. The number of carbonyl (C=O) groups excluding carboxylic acids is 3. The second-order valence-electron chi connectivity index (χ2n) is 17.5. The molecule has 1 unspecified atom stereocenters. The minimum absolute atomic E-state index is 0.0999. The molecule has 0 aliphatic carbocycles. The lowest BCUT2D eigenvalue weighted by atomic mass is 10.1. The molecule has 6 heteroatoms. The van der Waals surface area contributed by atoms with E-state index in [2.05, 4.69) is 118 Å². The van der Waals surface area contributed by atoms with Gasteiger partial charge in [0.15, 0.2) is 6.10 Å². The molecule has 0 heterocycles. The van der Waals surface area contributed by atoms with Crippen molar-refractivity contribution in [3.05, 3.63) is 97.2 Å². The second-order valence-corrected chi connectivity index (χ2v) is 17.5. The van der Waals surface area contributed by atoms with Gasteiger partial charge < -0.3 is 14.2 Å². The fourth-order valence-electron chi connectivity index (χ4n) is 7.15. The fourth-order valence-corrected chi connectivity index (χ4v) is 7.15. The number of allylic oxidation sites excluding steroid dienone is 16. The van der Waals surface area contributed by atoms with Gasteiger partial charge >= 0.3 is 17.9 Å².